The minimum Gasteiger partial charge on any atom is -0.494 e. The summed E-state index contributed by atoms with van der Waals surface area (Å²) in [5.74, 6) is 0.769. The SMILES string of the molecule is COc1ccccc1-n1cc(CN2CCC3(CNC(=O)CO3)C2)cn1. The molecule has 3 heterocycles. The average molecular weight is 342 g/mol. The molecule has 4 rings (SSSR count). The van der Waals surface area contributed by atoms with Gasteiger partial charge in [0.25, 0.3) is 0 Å². The van der Waals surface area contributed by atoms with Gasteiger partial charge in [0.05, 0.1) is 18.9 Å². The topological polar surface area (TPSA) is 68.6 Å². The van der Waals surface area contributed by atoms with Gasteiger partial charge in [0.2, 0.25) is 5.91 Å². The molecule has 2 aliphatic rings. The Morgan fingerprint density at radius 1 is 1.40 bits per heavy atom. The van der Waals surface area contributed by atoms with E-state index in [1.54, 1.807) is 7.11 Å². The number of carbonyl (C=O) groups excluding carboxylic acids is 1. The normalized spacial score (nSPS) is 23.8. The number of amides is 1. The van der Waals surface area contributed by atoms with E-state index in [1.165, 1.54) is 0 Å². The molecule has 25 heavy (non-hydrogen) atoms. The monoisotopic (exact) mass is 342 g/mol. The van der Waals surface area contributed by atoms with Crippen molar-refractivity contribution in [2.45, 2.75) is 18.6 Å². The number of hydrogen-bond acceptors (Lipinski definition) is 5. The third-order valence-corrected chi connectivity index (χ3v) is 4.89. The Morgan fingerprint density at radius 2 is 2.28 bits per heavy atom. The summed E-state index contributed by atoms with van der Waals surface area (Å²) >= 11 is 0. The summed E-state index contributed by atoms with van der Waals surface area (Å²) in [6.45, 7) is 3.36. The Kier molecular flexibility index (Phi) is 4.19. The van der Waals surface area contributed by atoms with Gasteiger partial charge in [0.1, 0.15) is 18.0 Å². The van der Waals surface area contributed by atoms with Crippen LogP contribution < -0.4 is 10.1 Å². The first kappa shape index (κ1) is 16.1. The number of rotatable bonds is 4. The van der Waals surface area contributed by atoms with Gasteiger partial charge in [0, 0.05) is 37.9 Å². The van der Waals surface area contributed by atoms with Crippen LogP contribution in [-0.4, -0.2) is 59.5 Å². The average Bonchev–Trinajstić information content (AvgIpc) is 3.26. The molecule has 1 aromatic heterocycles. The van der Waals surface area contributed by atoms with E-state index in [0.29, 0.717) is 6.54 Å². The van der Waals surface area contributed by atoms with Crippen molar-refractivity contribution < 1.29 is 14.3 Å². The first-order chi connectivity index (χ1) is 12.2. The van der Waals surface area contributed by atoms with Crippen molar-refractivity contribution >= 4 is 5.91 Å². The number of likely N-dealkylation sites (tertiary alicyclic amines) is 1. The van der Waals surface area contributed by atoms with Crippen LogP contribution in [0, 0.1) is 0 Å². The molecule has 7 nitrogen and oxygen atoms in total. The number of morpholine rings is 1. The standard InChI is InChI=1S/C18H22N4O3/c1-24-16-5-3-2-4-15(16)22-10-14(8-20-22)9-21-7-6-18(13-21)12-19-17(23)11-25-18/h2-5,8,10H,6-7,9,11-13H2,1H3,(H,19,23). The van der Waals surface area contributed by atoms with Crippen LogP contribution in [0.25, 0.3) is 5.69 Å². The summed E-state index contributed by atoms with van der Waals surface area (Å²) in [6.07, 6.45) is 4.86. The van der Waals surface area contributed by atoms with Crippen LogP contribution in [0.4, 0.5) is 0 Å². The number of para-hydroxylation sites is 2. The maximum absolute atomic E-state index is 11.3. The molecular formula is C18H22N4O3. The van der Waals surface area contributed by atoms with Gasteiger partial charge in [-0.1, -0.05) is 12.1 Å². The number of carbonyl (C=O) groups is 1. The number of hydrogen-bond donors (Lipinski definition) is 1. The van der Waals surface area contributed by atoms with E-state index in [1.807, 2.05) is 41.3 Å². The molecule has 1 amide bonds. The summed E-state index contributed by atoms with van der Waals surface area (Å²) in [7, 11) is 1.66. The number of nitrogens with one attached hydrogen (secondary N) is 1. The van der Waals surface area contributed by atoms with Gasteiger partial charge in [-0.25, -0.2) is 4.68 Å². The summed E-state index contributed by atoms with van der Waals surface area (Å²) in [6, 6.07) is 7.83. The molecule has 1 aromatic carbocycles. The molecule has 1 N–H and O–H groups in total. The van der Waals surface area contributed by atoms with Crippen molar-refractivity contribution in [2.75, 3.05) is 33.4 Å². The predicted octanol–water partition coefficient (Wildman–Crippen LogP) is 0.972. The van der Waals surface area contributed by atoms with Gasteiger partial charge < -0.3 is 14.8 Å². The van der Waals surface area contributed by atoms with Crippen molar-refractivity contribution in [3.05, 3.63) is 42.2 Å². The molecule has 1 unspecified atom stereocenters. The second-order valence-electron chi connectivity index (χ2n) is 6.67. The van der Waals surface area contributed by atoms with Crippen LogP contribution in [0.1, 0.15) is 12.0 Å². The lowest BCUT2D eigenvalue weighted by Gasteiger charge is -2.33. The second-order valence-corrected chi connectivity index (χ2v) is 6.67. The zero-order valence-electron chi connectivity index (χ0n) is 14.3. The maximum atomic E-state index is 11.3. The Bertz CT molecular complexity index is 763. The Labute approximate surface area is 146 Å². The molecule has 0 radical (unpaired) electrons. The highest BCUT2D eigenvalue weighted by Gasteiger charge is 2.42. The summed E-state index contributed by atoms with van der Waals surface area (Å²) < 4.78 is 13.1. The molecule has 0 bridgehead atoms. The Balaban J connectivity index is 1.43. The van der Waals surface area contributed by atoms with Gasteiger partial charge in [-0.05, 0) is 18.6 Å². The maximum Gasteiger partial charge on any atom is 0.246 e. The molecule has 1 atom stereocenters. The molecule has 2 aliphatic heterocycles. The predicted molar refractivity (Wildman–Crippen MR) is 91.7 cm³/mol. The van der Waals surface area contributed by atoms with E-state index >= 15 is 0 Å². The quantitative estimate of drug-likeness (QED) is 0.897. The van der Waals surface area contributed by atoms with Crippen LogP contribution in [0.5, 0.6) is 5.75 Å². The van der Waals surface area contributed by atoms with Gasteiger partial charge in [0.15, 0.2) is 0 Å². The summed E-state index contributed by atoms with van der Waals surface area (Å²) in [5, 5.41) is 7.39. The third kappa shape index (κ3) is 3.25. The smallest absolute Gasteiger partial charge is 0.246 e. The highest BCUT2D eigenvalue weighted by molar-refractivity contribution is 5.78. The molecule has 132 valence electrons. The fraction of sp³-hybridized carbons (Fsp3) is 0.444. The van der Waals surface area contributed by atoms with Crippen molar-refractivity contribution in [1.29, 1.82) is 0 Å². The number of methoxy groups -OCH3 is 1. The zero-order chi connectivity index (χ0) is 17.3. The lowest BCUT2D eigenvalue weighted by Crippen LogP contribution is -2.53. The van der Waals surface area contributed by atoms with Crippen molar-refractivity contribution in [3.8, 4) is 11.4 Å². The van der Waals surface area contributed by atoms with E-state index in [2.05, 4.69) is 15.3 Å². The van der Waals surface area contributed by atoms with E-state index in [4.69, 9.17) is 9.47 Å². The Morgan fingerprint density at radius 3 is 3.08 bits per heavy atom. The van der Waals surface area contributed by atoms with Crippen molar-refractivity contribution in [1.82, 2.24) is 20.0 Å². The molecule has 1 spiro atoms. The molecule has 2 fully saturated rings. The van der Waals surface area contributed by atoms with Crippen LogP contribution in [-0.2, 0) is 16.1 Å². The summed E-state index contributed by atoms with van der Waals surface area (Å²) in [4.78, 5) is 13.6. The van der Waals surface area contributed by atoms with E-state index < -0.39 is 0 Å². The largest absolute Gasteiger partial charge is 0.494 e. The van der Waals surface area contributed by atoms with Crippen LogP contribution in [0.2, 0.25) is 0 Å². The molecule has 0 saturated carbocycles. The molecular weight excluding hydrogens is 320 g/mol. The minimum absolute atomic E-state index is 0.0258. The van der Waals surface area contributed by atoms with Crippen LogP contribution in [0.15, 0.2) is 36.7 Å². The fourth-order valence-electron chi connectivity index (χ4n) is 3.56. The highest BCUT2D eigenvalue weighted by Crippen LogP contribution is 2.28. The molecule has 0 aliphatic carbocycles. The van der Waals surface area contributed by atoms with Crippen LogP contribution >= 0.6 is 0 Å². The number of ether oxygens (including phenoxy) is 2. The lowest BCUT2D eigenvalue weighted by molar-refractivity contribution is -0.142. The minimum atomic E-state index is -0.230. The van der Waals surface area contributed by atoms with Crippen LogP contribution in [0.3, 0.4) is 0 Å². The van der Waals surface area contributed by atoms with Gasteiger partial charge >= 0.3 is 0 Å². The van der Waals surface area contributed by atoms with E-state index in [-0.39, 0.29) is 18.1 Å². The summed E-state index contributed by atoms with van der Waals surface area (Å²) in [5.41, 5.74) is 1.84. The highest BCUT2D eigenvalue weighted by atomic mass is 16.5. The first-order valence-electron chi connectivity index (χ1n) is 8.47. The van der Waals surface area contributed by atoms with Gasteiger partial charge in [-0.2, -0.15) is 5.10 Å². The number of aromatic nitrogens is 2. The number of benzene rings is 1. The molecule has 2 aromatic rings. The van der Waals surface area contributed by atoms with Crippen molar-refractivity contribution in [2.24, 2.45) is 0 Å². The second kappa shape index (κ2) is 6.50. The van der Waals surface area contributed by atoms with Crippen molar-refractivity contribution in [3.63, 3.8) is 0 Å². The fourth-order valence-corrected chi connectivity index (χ4v) is 3.56. The number of nitrogens with zero attached hydrogens (tertiary/aromatic N) is 3. The Hall–Kier alpha value is -2.38. The first-order valence-corrected chi connectivity index (χ1v) is 8.47. The van der Waals surface area contributed by atoms with E-state index in [9.17, 15) is 4.79 Å². The lowest BCUT2D eigenvalue weighted by atomic mass is 10.0. The van der Waals surface area contributed by atoms with Gasteiger partial charge in [-0.3, -0.25) is 9.69 Å². The zero-order valence-corrected chi connectivity index (χ0v) is 14.3. The van der Waals surface area contributed by atoms with E-state index in [0.717, 1.165) is 43.1 Å². The molecule has 7 heteroatoms. The van der Waals surface area contributed by atoms with Gasteiger partial charge in [-0.15, -0.1) is 0 Å². The molecule has 2 saturated heterocycles. The third-order valence-electron chi connectivity index (χ3n) is 4.89.